The van der Waals surface area contributed by atoms with Crippen molar-refractivity contribution in [1.29, 1.82) is 0 Å². The Balaban J connectivity index is 1.81. The van der Waals surface area contributed by atoms with Crippen LogP contribution in [0.25, 0.3) is 0 Å². The molecule has 1 aromatic rings. The molecule has 2 rings (SSSR count). The molecule has 1 atom stereocenters. The molecule has 4 heteroatoms. The Morgan fingerprint density at radius 1 is 1.35 bits per heavy atom. The Morgan fingerprint density at radius 3 is 2.59 bits per heavy atom. The highest BCUT2D eigenvalue weighted by molar-refractivity contribution is 9.10. The van der Waals surface area contributed by atoms with Crippen LogP contribution in [0.3, 0.4) is 0 Å². The van der Waals surface area contributed by atoms with E-state index in [1.54, 1.807) is 0 Å². The minimum atomic E-state index is 0.741. The predicted octanol–water partition coefficient (Wildman–Crippen LogP) is 3.43. The average Bonchev–Trinajstić information content (AvgIpc) is 2.75. The normalized spacial score (nSPS) is 20.6. The third-order valence-corrected chi connectivity index (χ3v) is 5.59. The van der Waals surface area contributed by atoms with Crippen LogP contribution in [0.15, 0.2) is 15.9 Å². The molecule has 1 aliphatic rings. The Labute approximate surface area is 117 Å². The van der Waals surface area contributed by atoms with Crippen LogP contribution in [0.4, 0.5) is 0 Å². The lowest BCUT2D eigenvalue weighted by atomic mass is 10.2. The molecule has 1 unspecified atom stereocenters. The lowest BCUT2D eigenvalue weighted by Crippen LogP contribution is -2.48. The topological polar surface area (TPSA) is 6.48 Å². The maximum Gasteiger partial charge on any atom is 0.0340 e. The molecule has 2 heterocycles. The molecule has 0 aromatic carbocycles. The number of halogens is 1. The third kappa shape index (κ3) is 3.53. The molecule has 1 fully saturated rings. The van der Waals surface area contributed by atoms with Gasteiger partial charge in [-0.1, -0.05) is 6.92 Å². The first-order chi connectivity index (χ1) is 8.20. The molecule has 96 valence electrons. The van der Waals surface area contributed by atoms with Gasteiger partial charge in [-0.05, 0) is 40.7 Å². The fraction of sp³-hybridized carbons (Fsp3) is 0.692. The van der Waals surface area contributed by atoms with Crippen molar-refractivity contribution in [2.24, 2.45) is 0 Å². The summed E-state index contributed by atoms with van der Waals surface area (Å²) in [6.07, 6.45) is 1.26. The van der Waals surface area contributed by atoms with E-state index in [9.17, 15) is 0 Å². The van der Waals surface area contributed by atoms with E-state index < -0.39 is 0 Å². The van der Waals surface area contributed by atoms with Crippen molar-refractivity contribution >= 4 is 27.3 Å². The van der Waals surface area contributed by atoms with Crippen LogP contribution < -0.4 is 0 Å². The van der Waals surface area contributed by atoms with Crippen LogP contribution in [0.5, 0.6) is 0 Å². The van der Waals surface area contributed by atoms with Gasteiger partial charge in [-0.2, -0.15) is 0 Å². The molecular formula is C13H21BrN2S. The van der Waals surface area contributed by atoms with Gasteiger partial charge in [0.1, 0.15) is 0 Å². The summed E-state index contributed by atoms with van der Waals surface area (Å²) in [5, 5.41) is 2.16. The van der Waals surface area contributed by atoms with E-state index in [0.29, 0.717) is 0 Å². The van der Waals surface area contributed by atoms with E-state index in [0.717, 1.165) is 12.6 Å². The molecule has 0 bridgehead atoms. The highest BCUT2D eigenvalue weighted by atomic mass is 79.9. The maximum absolute atomic E-state index is 3.61. The van der Waals surface area contributed by atoms with Crippen molar-refractivity contribution in [2.45, 2.75) is 32.9 Å². The fourth-order valence-corrected chi connectivity index (χ4v) is 3.78. The van der Waals surface area contributed by atoms with Gasteiger partial charge < -0.3 is 0 Å². The monoisotopic (exact) mass is 316 g/mol. The van der Waals surface area contributed by atoms with Gasteiger partial charge in [-0.15, -0.1) is 11.3 Å². The minimum Gasteiger partial charge on any atom is -0.298 e. The molecule has 17 heavy (non-hydrogen) atoms. The summed E-state index contributed by atoms with van der Waals surface area (Å²) in [6, 6.07) is 2.89. The van der Waals surface area contributed by atoms with Gasteiger partial charge in [-0.3, -0.25) is 9.80 Å². The first-order valence-corrected chi connectivity index (χ1v) is 8.06. The van der Waals surface area contributed by atoms with E-state index in [4.69, 9.17) is 0 Å². The summed E-state index contributed by atoms with van der Waals surface area (Å²) < 4.78 is 1.27. The van der Waals surface area contributed by atoms with E-state index in [1.807, 2.05) is 11.3 Å². The third-order valence-electron chi connectivity index (χ3n) is 3.68. The predicted molar refractivity (Wildman–Crippen MR) is 78.6 cm³/mol. The van der Waals surface area contributed by atoms with Gasteiger partial charge in [-0.25, -0.2) is 0 Å². The number of thiophene rings is 1. The second kappa shape index (κ2) is 6.32. The quantitative estimate of drug-likeness (QED) is 0.839. The molecule has 2 nitrogen and oxygen atoms in total. The van der Waals surface area contributed by atoms with Crippen LogP contribution in [-0.2, 0) is 6.54 Å². The molecular weight excluding hydrogens is 296 g/mol. The van der Waals surface area contributed by atoms with E-state index in [1.165, 1.54) is 41.9 Å². The number of nitrogens with zero attached hydrogens (tertiary/aromatic N) is 2. The minimum absolute atomic E-state index is 0.741. The molecule has 0 amide bonds. The lowest BCUT2D eigenvalue weighted by Gasteiger charge is -2.37. The fourth-order valence-electron chi connectivity index (χ4n) is 2.26. The number of rotatable bonds is 4. The maximum atomic E-state index is 3.61. The number of hydrogen-bond donors (Lipinski definition) is 0. The molecule has 1 aliphatic heterocycles. The Bertz CT molecular complexity index is 345. The van der Waals surface area contributed by atoms with Gasteiger partial charge in [0.2, 0.25) is 0 Å². The zero-order valence-corrected chi connectivity index (χ0v) is 13.1. The molecule has 0 aliphatic carbocycles. The van der Waals surface area contributed by atoms with Crippen molar-refractivity contribution in [3.05, 3.63) is 20.8 Å². The van der Waals surface area contributed by atoms with Crippen LogP contribution in [0, 0.1) is 0 Å². The van der Waals surface area contributed by atoms with Crippen LogP contribution in [-0.4, -0.2) is 42.0 Å². The zero-order chi connectivity index (χ0) is 12.3. The van der Waals surface area contributed by atoms with Gasteiger partial charge in [0.05, 0.1) is 0 Å². The highest BCUT2D eigenvalue weighted by Crippen LogP contribution is 2.24. The second-order valence-electron chi connectivity index (χ2n) is 4.76. The highest BCUT2D eigenvalue weighted by Gasteiger charge is 2.20. The van der Waals surface area contributed by atoms with Crippen molar-refractivity contribution in [3.63, 3.8) is 0 Å². The van der Waals surface area contributed by atoms with Crippen molar-refractivity contribution in [2.75, 3.05) is 26.2 Å². The Morgan fingerprint density at radius 2 is 2.06 bits per heavy atom. The average molecular weight is 317 g/mol. The first-order valence-electron chi connectivity index (χ1n) is 6.39. The molecule has 1 aromatic heterocycles. The molecule has 0 spiro atoms. The SMILES string of the molecule is CCC(C)N1CCN(Cc2sccc2Br)CC1. The summed E-state index contributed by atoms with van der Waals surface area (Å²) in [5.74, 6) is 0. The number of hydrogen-bond acceptors (Lipinski definition) is 3. The zero-order valence-electron chi connectivity index (χ0n) is 10.7. The Hall–Kier alpha value is 0.100. The molecule has 0 saturated carbocycles. The summed E-state index contributed by atoms with van der Waals surface area (Å²) in [5.41, 5.74) is 0. The molecule has 0 radical (unpaired) electrons. The van der Waals surface area contributed by atoms with Gasteiger partial charge in [0.25, 0.3) is 0 Å². The van der Waals surface area contributed by atoms with Crippen LogP contribution >= 0.6 is 27.3 Å². The first kappa shape index (κ1) is 13.5. The summed E-state index contributed by atoms with van der Waals surface area (Å²) in [7, 11) is 0. The summed E-state index contributed by atoms with van der Waals surface area (Å²) in [6.45, 7) is 10.6. The summed E-state index contributed by atoms with van der Waals surface area (Å²) >= 11 is 5.47. The summed E-state index contributed by atoms with van der Waals surface area (Å²) in [4.78, 5) is 6.64. The van der Waals surface area contributed by atoms with Gasteiger partial charge in [0, 0.05) is 48.1 Å². The standard InChI is InChI=1S/C13H21BrN2S/c1-3-11(2)16-7-5-15(6-8-16)10-13-12(14)4-9-17-13/h4,9,11H,3,5-8,10H2,1-2H3. The second-order valence-corrected chi connectivity index (χ2v) is 6.62. The van der Waals surface area contributed by atoms with Crippen molar-refractivity contribution in [1.82, 2.24) is 9.80 Å². The van der Waals surface area contributed by atoms with Crippen molar-refractivity contribution in [3.8, 4) is 0 Å². The van der Waals surface area contributed by atoms with Crippen LogP contribution in [0.2, 0.25) is 0 Å². The number of piperazine rings is 1. The largest absolute Gasteiger partial charge is 0.298 e. The van der Waals surface area contributed by atoms with Crippen LogP contribution in [0.1, 0.15) is 25.1 Å². The van der Waals surface area contributed by atoms with E-state index in [2.05, 4.69) is 51.0 Å². The van der Waals surface area contributed by atoms with E-state index >= 15 is 0 Å². The lowest BCUT2D eigenvalue weighted by molar-refractivity contribution is 0.0969. The Kier molecular flexibility index (Phi) is 5.03. The molecule has 0 N–H and O–H groups in total. The van der Waals surface area contributed by atoms with E-state index in [-0.39, 0.29) is 0 Å². The van der Waals surface area contributed by atoms with Gasteiger partial charge >= 0.3 is 0 Å². The molecule has 1 saturated heterocycles. The van der Waals surface area contributed by atoms with Gasteiger partial charge in [0.15, 0.2) is 0 Å². The van der Waals surface area contributed by atoms with Crippen molar-refractivity contribution < 1.29 is 0 Å². The smallest absolute Gasteiger partial charge is 0.0340 e.